The van der Waals surface area contributed by atoms with Gasteiger partial charge in [0.2, 0.25) is 0 Å². The lowest BCUT2D eigenvalue weighted by atomic mass is 9.83. The third-order valence-electron chi connectivity index (χ3n) is 5.88. The average Bonchev–Trinajstić information content (AvgIpc) is 3.05. The van der Waals surface area contributed by atoms with E-state index in [1.54, 1.807) is 0 Å². The molecule has 5 rings (SSSR count). The van der Waals surface area contributed by atoms with Gasteiger partial charge in [-0.05, 0) is 19.2 Å². The maximum absolute atomic E-state index is 13.9. The molecule has 0 saturated carbocycles. The normalized spacial score (nSPS) is 19.4. The number of nitrogens with one attached hydrogen (secondary N) is 1. The average molecular weight is 386 g/mol. The molecule has 0 unspecified atom stereocenters. The summed E-state index contributed by atoms with van der Waals surface area (Å²) >= 11 is 0. The van der Waals surface area contributed by atoms with Crippen molar-refractivity contribution >= 4 is 5.71 Å². The van der Waals surface area contributed by atoms with Crippen LogP contribution in [-0.4, -0.2) is 24.4 Å². The van der Waals surface area contributed by atoms with Gasteiger partial charge in [0.05, 0.1) is 5.71 Å². The second-order valence-corrected chi connectivity index (χ2v) is 7.71. The Morgan fingerprint density at radius 3 is 2.14 bits per heavy atom. The monoisotopic (exact) mass is 386 g/mol. The van der Waals surface area contributed by atoms with Gasteiger partial charge in [-0.1, -0.05) is 66.7 Å². The number of piperidine rings is 1. The molecule has 0 amide bonds. The molecule has 0 aliphatic carbocycles. The van der Waals surface area contributed by atoms with E-state index in [0.717, 1.165) is 48.3 Å². The molecule has 1 N–H and O–H groups in total. The minimum atomic E-state index is -0.434. The molecule has 3 nitrogen and oxygen atoms in total. The Balaban J connectivity index is 1.68. The lowest BCUT2D eigenvalue weighted by molar-refractivity contribution is 0.0376. The molecule has 1 spiro atoms. The minimum absolute atomic E-state index is 0.171. The van der Waals surface area contributed by atoms with E-state index in [0.29, 0.717) is 5.75 Å². The molecular formula is C25H23FN2O. The number of benzene rings is 3. The number of rotatable bonds is 3. The SMILES string of the molecule is Fc1ccc2c(c1)OC1(CCNCC1)[C@@H]2N=C(c1ccccc1)c1ccccc1. The topological polar surface area (TPSA) is 33.6 Å². The van der Waals surface area contributed by atoms with Crippen LogP contribution in [0.3, 0.4) is 0 Å². The predicted octanol–water partition coefficient (Wildman–Crippen LogP) is 4.92. The van der Waals surface area contributed by atoms with Crippen molar-refractivity contribution < 1.29 is 9.13 Å². The number of halogens is 1. The van der Waals surface area contributed by atoms with Gasteiger partial charge in [0.15, 0.2) is 0 Å². The van der Waals surface area contributed by atoms with Crippen LogP contribution in [0.1, 0.15) is 35.6 Å². The van der Waals surface area contributed by atoms with Crippen LogP contribution in [0.15, 0.2) is 83.9 Å². The summed E-state index contributed by atoms with van der Waals surface area (Å²) in [6, 6.07) is 25.2. The highest BCUT2D eigenvalue weighted by Crippen LogP contribution is 2.50. The fraction of sp³-hybridized carbons (Fsp3) is 0.240. The van der Waals surface area contributed by atoms with Crippen molar-refractivity contribution in [2.75, 3.05) is 13.1 Å². The van der Waals surface area contributed by atoms with E-state index >= 15 is 0 Å². The predicted molar refractivity (Wildman–Crippen MR) is 113 cm³/mol. The van der Waals surface area contributed by atoms with Crippen molar-refractivity contribution in [3.8, 4) is 5.75 Å². The summed E-state index contributed by atoms with van der Waals surface area (Å²) in [6.45, 7) is 1.74. The quantitative estimate of drug-likeness (QED) is 0.649. The Bertz CT molecular complexity index is 986. The molecule has 0 aromatic heterocycles. The van der Waals surface area contributed by atoms with E-state index in [9.17, 15) is 4.39 Å². The molecule has 0 bridgehead atoms. The van der Waals surface area contributed by atoms with Gasteiger partial charge >= 0.3 is 0 Å². The number of nitrogens with zero attached hydrogens (tertiary/aromatic N) is 1. The first-order valence-corrected chi connectivity index (χ1v) is 10.1. The lowest BCUT2D eigenvalue weighted by Gasteiger charge is -2.36. The van der Waals surface area contributed by atoms with Gasteiger partial charge in [0, 0.05) is 35.6 Å². The zero-order valence-corrected chi connectivity index (χ0v) is 16.1. The molecule has 0 radical (unpaired) electrons. The Labute approximate surface area is 170 Å². The van der Waals surface area contributed by atoms with Gasteiger partial charge in [-0.15, -0.1) is 0 Å². The summed E-state index contributed by atoms with van der Waals surface area (Å²) in [4.78, 5) is 5.31. The molecule has 146 valence electrons. The van der Waals surface area contributed by atoms with Crippen LogP contribution in [-0.2, 0) is 0 Å². The zero-order valence-electron chi connectivity index (χ0n) is 16.1. The van der Waals surface area contributed by atoms with E-state index < -0.39 is 5.60 Å². The Morgan fingerprint density at radius 2 is 1.52 bits per heavy atom. The van der Waals surface area contributed by atoms with E-state index in [1.807, 2.05) is 42.5 Å². The van der Waals surface area contributed by atoms with Gasteiger partial charge in [-0.2, -0.15) is 0 Å². The van der Waals surface area contributed by atoms with Gasteiger partial charge in [0.25, 0.3) is 0 Å². The van der Waals surface area contributed by atoms with Gasteiger partial charge in [-0.3, -0.25) is 4.99 Å². The Morgan fingerprint density at radius 1 is 0.897 bits per heavy atom. The largest absolute Gasteiger partial charge is 0.484 e. The summed E-state index contributed by atoms with van der Waals surface area (Å²) in [7, 11) is 0. The third kappa shape index (κ3) is 3.34. The smallest absolute Gasteiger partial charge is 0.138 e. The number of hydrogen-bond donors (Lipinski definition) is 1. The van der Waals surface area contributed by atoms with Crippen molar-refractivity contribution in [1.29, 1.82) is 0 Å². The van der Waals surface area contributed by atoms with E-state index in [2.05, 4.69) is 29.6 Å². The van der Waals surface area contributed by atoms with Gasteiger partial charge in [-0.25, -0.2) is 4.39 Å². The molecule has 29 heavy (non-hydrogen) atoms. The summed E-state index contributed by atoms with van der Waals surface area (Å²) in [5.41, 5.74) is 3.61. The first-order valence-electron chi connectivity index (χ1n) is 10.1. The highest BCUT2D eigenvalue weighted by Gasteiger charge is 2.49. The number of hydrogen-bond acceptors (Lipinski definition) is 3. The van der Waals surface area contributed by atoms with Crippen LogP contribution >= 0.6 is 0 Å². The van der Waals surface area contributed by atoms with E-state index in [1.165, 1.54) is 12.1 Å². The molecule has 1 atom stereocenters. The van der Waals surface area contributed by atoms with Crippen LogP contribution in [0.4, 0.5) is 4.39 Å². The fourth-order valence-corrected chi connectivity index (χ4v) is 4.43. The van der Waals surface area contributed by atoms with E-state index in [4.69, 9.17) is 9.73 Å². The van der Waals surface area contributed by atoms with Crippen LogP contribution in [0.25, 0.3) is 0 Å². The van der Waals surface area contributed by atoms with Gasteiger partial charge in [0.1, 0.15) is 23.2 Å². The molecule has 3 aromatic rings. The Kier molecular flexibility index (Phi) is 4.64. The van der Waals surface area contributed by atoms with Crippen molar-refractivity contribution in [2.45, 2.75) is 24.5 Å². The van der Waals surface area contributed by atoms with Crippen molar-refractivity contribution in [1.82, 2.24) is 5.32 Å². The first kappa shape index (κ1) is 18.1. The molecular weight excluding hydrogens is 363 g/mol. The second-order valence-electron chi connectivity index (χ2n) is 7.71. The Hall–Kier alpha value is -2.98. The van der Waals surface area contributed by atoms with Crippen LogP contribution in [0, 0.1) is 5.82 Å². The molecule has 2 aliphatic heterocycles. The summed E-state index contributed by atoms with van der Waals surface area (Å²) < 4.78 is 20.3. The van der Waals surface area contributed by atoms with Crippen molar-refractivity contribution in [2.24, 2.45) is 4.99 Å². The summed E-state index contributed by atoms with van der Waals surface area (Å²) in [5, 5.41) is 3.41. The summed E-state index contributed by atoms with van der Waals surface area (Å²) in [6.07, 6.45) is 1.68. The molecule has 1 saturated heterocycles. The third-order valence-corrected chi connectivity index (χ3v) is 5.88. The number of ether oxygens (including phenoxy) is 1. The minimum Gasteiger partial charge on any atom is -0.484 e. The fourth-order valence-electron chi connectivity index (χ4n) is 4.43. The maximum atomic E-state index is 13.9. The van der Waals surface area contributed by atoms with Gasteiger partial charge < -0.3 is 10.1 Å². The highest BCUT2D eigenvalue weighted by atomic mass is 19.1. The lowest BCUT2D eigenvalue weighted by Crippen LogP contribution is -2.47. The molecule has 1 fully saturated rings. The molecule has 3 aromatic carbocycles. The standard InChI is InChI=1S/C25H23FN2O/c26-20-11-12-21-22(17-20)29-25(13-15-27-16-14-25)24(21)28-23(18-7-3-1-4-8-18)19-9-5-2-6-10-19/h1-12,17,24,27H,13-16H2/t24-/m1/s1. The van der Waals surface area contributed by atoms with Crippen LogP contribution in [0.5, 0.6) is 5.75 Å². The molecule has 4 heteroatoms. The molecule has 2 heterocycles. The maximum Gasteiger partial charge on any atom is 0.138 e. The van der Waals surface area contributed by atoms with E-state index in [-0.39, 0.29) is 11.9 Å². The summed E-state index contributed by atoms with van der Waals surface area (Å²) in [5.74, 6) is 0.352. The van der Waals surface area contributed by atoms with Crippen LogP contribution < -0.4 is 10.1 Å². The first-order chi connectivity index (χ1) is 14.3. The number of fused-ring (bicyclic) bond motifs is 1. The second kappa shape index (κ2) is 7.45. The number of aliphatic imine (C=N–C) groups is 1. The highest BCUT2D eigenvalue weighted by molar-refractivity contribution is 6.13. The van der Waals surface area contributed by atoms with Crippen LogP contribution in [0.2, 0.25) is 0 Å². The van der Waals surface area contributed by atoms with Crippen molar-refractivity contribution in [3.05, 3.63) is 101 Å². The zero-order chi connectivity index (χ0) is 19.7. The molecule has 2 aliphatic rings. The van der Waals surface area contributed by atoms with Crippen molar-refractivity contribution in [3.63, 3.8) is 0 Å².